The van der Waals surface area contributed by atoms with Crippen molar-refractivity contribution in [1.82, 2.24) is 19.5 Å². The van der Waals surface area contributed by atoms with E-state index in [1.54, 1.807) is 0 Å². The molecule has 0 saturated carbocycles. The molecule has 180 valence electrons. The third-order valence-corrected chi connectivity index (χ3v) is 7.74. The van der Waals surface area contributed by atoms with Crippen molar-refractivity contribution in [3.05, 3.63) is 58.6 Å². The number of nitrogens with zero attached hydrogens (tertiary/aromatic N) is 5. The zero-order chi connectivity index (χ0) is 24.7. The highest BCUT2D eigenvalue weighted by atomic mass is 35.5. The minimum absolute atomic E-state index is 0.261. The summed E-state index contributed by atoms with van der Waals surface area (Å²) in [6, 6.07) is 15.2. The number of halogens is 2. The Labute approximate surface area is 217 Å². The van der Waals surface area contributed by atoms with Gasteiger partial charge >= 0.3 is 0 Å². The number of benzene rings is 2. The van der Waals surface area contributed by atoms with E-state index in [0.29, 0.717) is 58.1 Å². The van der Waals surface area contributed by atoms with Crippen molar-refractivity contribution < 1.29 is 4.79 Å². The number of fused-ring (bicyclic) bond motifs is 1. The Kier molecular flexibility index (Phi) is 6.38. The van der Waals surface area contributed by atoms with Crippen molar-refractivity contribution in [2.24, 2.45) is 11.1 Å². The van der Waals surface area contributed by atoms with Crippen LogP contribution in [0.4, 0.5) is 5.82 Å². The van der Waals surface area contributed by atoms with Crippen molar-refractivity contribution in [3.63, 3.8) is 0 Å². The Balaban J connectivity index is 1.73. The SMILES string of the molecule is CSc1nc(N2CCC(C)(C(N)=O)CC2)c2nc(-c3ccccc3Cl)n(-c3ccc(Cl)cc3)c2n1. The van der Waals surface area contributed by atoms with E-state index in [1.807, 2.05) is 66.3 Å². The first-order valence-electron chi connectivity index (χ1n) is 11.2. The summed E-state index contributed by atoms with van der Waals surface area (Å²) in [6.07, 6.45) is 3.25. The maximum absolute atomic E-state index is 12.0. The van der Waals surface area contributed by atoms with Crippen molar-refractivity contribution in [3.8, 4) is 17.1 Å². The average Bonchev–Trinajstić information content (AvgIpc) is 3.24. The molecule has 5 rings (SSSR count). The Morgan fingerprint density at radius 1 is 1.03 bits per heavy atom. The molecule has 1 fully saturated rings. The minimum atomic E-state index is -0.517. The fourth-order valence-corrected chi connectivity index (χ4v) is 5.05. The van der Waals surface area contributed by atoms with Crippen LogP contribution in [0.5, 0.6) is 0 Å². The molecule has 0 radical (unpaired) electrons. The summed E-state index contributed by atoms with van der Waals surface area (Å²) >= 11 is 14.3. The first kappa shape index (κ1) is 23.9. The van der Waals surface area contributed by atoms with Crippen LogP contribution >= 0.6 is 35.0 Å². The normalized spacial score (nSPS) is 15.5. The van der Waals surface area contributed by atoms with Crippen LogP contribution < -0.4 is 10.6 Å². The lowest BCUT2D eigenvalue weighted by atomic mass is 9.80. The summed E-state index contributed by atoms with van der Waals surface area (Å²) in [5.41, 5.74) is 8.17. The molecule has 3 heterocycles. The molecule has 1 aliphatic rings. The number of amides is 1. The summed E-state index contributed by atoms with van der Waals surface area (Å²) in [5.74, 6) is 1.15. The molecule has 0 spiro atoms. The van der Waals surface area contributed by atoms with Crippen LogP contribution in [-0.2, 0) is 4.79 Å². The fraction of sp³-hybridized carbons (Fsp3) is 0.280. The molecule has 0 unspecified atom stereocenters. The monoisotopic (exact) mass is 526 g/mol. The molecule has 2 N–H and O–H groups in total. The van der Waals surface area contributed by atoms with E-state index in [4.69, 9.17) is 43.9 Å². The molecule has 1 amide bonds. The number of carbonyl (C=O) groups excluding carboxylic acids is 1. The first-order valence-corrected chi connectivity index (χ1v) is 13.2. The summed E-state index contributed by atoms with van der Waals surface area (Å²) < 4.78 is 2.00. The summed E-state index contributed by atoms with van der Waals surface area (Å²) in [6.45, 7) is 3.23. The van der Waals surface area contributed by atoms with Crippen LogP contribution in [0.2, 0.25) is 10.0 Å². The van der Waals surface area contributed by atoms with Crippen LogP contribution in [-0.4, -0.2) is 44.8 Å². The van der Waals surface area contributed by atoms with Crippen molar-refractivity contribution in [2.45, 2.75) is 24.9 Å². The zero-order valence-corrected chi connectivity index (χ0v) is 21.7. The largest absolute Gasteiger partial charge is 0.369 e. The Hall–Kier alpha value is -2.81. The average molecular weight is 527 g/mol. The van der Waals surface area contributed by atoms with Crippen LogP contribution in [0.1, 0.15) is 19.8 Å². The predicted molar refractivity (Wildman–Crippen MR) is 143 cm³/mol. The van der Waals surface area contributed by atoms with E-state index in [9.17, 15) is 4.79 Å². The third-order valence-electron chi connectivity index (χ3n) is 6.61. The van der Waals surface area contributed by atoms with Gasteiger partial charge in [-0.2, -0.15) is 0 Å². The van der Waals surface area contributed by atoms with E-state index in [2.05, 4.69) is 4.90 Å². The summed E-state index contributed by atoms with van der Waals surface area (Å²) in [5, 5.41) is 1.87. The van der Waals surface area contributed by atoms with Gasteiger partial charge in [-0.15, -0.1) is 0 Å². The minimum Gasteiger partial charge on any atom is -0.369 e. The quantitative estimate of drug-likeness (QED) is 0.268. The van der Waals surface area contributed by atoms with Gasteiger partial charge < -0.3 is 10.6 Å². The van der Waals surface area contributed by atoms with E-state index < -0.39 is 5.41 Å². The van der Waals surface area contributed by atoms with Gasteiger partial charge in [-0.25, -0.2) is 15.0 Å². The van der Waals surface area contributed by atoms with E-state index in [1.165, 1.54) is 11.8 Å². The van der Waals surface area contributed by atoms with Gasteiger partial charge in [-0.3, -0.25) is 9.36 Å². The molecule has 2 aromatic heterocycles. The van der Waals surface area contributed by atoms with Gasteiger partial charge in [0.2, 0.25) is 5.91 Å². The first-order chi connectivity index (χ1) is 16.8. The second kappa shape index (κ2) is 9.33. The van der Waals surface area contributed by atoms with Crippen molar-refractivity contribution >= 4 is 57.9 Å². The lowest BCUT2D eigenvalue weighted by molar-refractivity contribution is -0.127. The number of hydrogen-bond acceptors (Lipinski definition) is 6. The maximum Gasteiger partial charge on any atom is 0.223 e. The molecule has 0 aliphatic carbocycles. The number of anilines is 1. The molecule has 1 aliphatic heterocycles. The highest BCUT2D eigenvalue weighted by Crippen LogP contribution is 2.38. The smallest absolute Gasteiger partial charge is 0.223 e. The molecule has 0 atom stereocenters. The van der Waals surface area contributed by atoms with Crippen LogP contribution in [0.25, 0.3) is 28.2 Å². The van der Waals surface area contributed by atoms with Crippen LogP contribution in [0, 0.1) is 5.41 Å². The molecule has 7 nitrogen and oxygen atoms in total. The summed E-state index contributed by atoms with van der Waals surface area (Å²) in [7, 11) is 0. The van der Waals surface area contributed by atoms with Gasteiger partial charge in [0.15, 0.2) is 22.1 Å². The summed E-state index contributed by atoms with van der Waals surface area (Å²) in [4.78, 5) is 28.9. The second-order valence-electron chi connectivity index (χ2n) is 8.85. The van der Waals surface area contributed by atoms with Gasteiger partial charge in [0, 0.05) is 34.8 Å². The van der Waals surface area contributed by atoms with E-state index >= 15 is 0 Å². The number of primary amides is 1. The third kappa shape index (κ3) is 4.35. The molecule has 2 aromatic carbocycles. The van der Waals surface area contributed by atoms with Crippen molar-refractivity contribution in [1.29, 1.82) is 0 Å². The van der Waals surface area contributed by atoms with Gasteiger partial charge in [0.25, 0.3) is 0 Å². The molecule has 1 saturated heterocycles. The highest BCUT2D eigenvalue weighted by molar-refractivity contribution is 7.98. The number of nitrogens with two attached hydrogens (primary N) is 1. The van der Waals surface area contributed by atoms with Gasteiger partial charge in [0.1, 0.15) is 5.82 Å². The number of thioether (sulfide) groups is 1. The van der Waals surface area contributed by atoms with Gasteiger partial charge in [-0.05, 0) is 55.5 Å². The number of piperidine rings is 1. The lowest BCUT2D eigenvalue weighted by Gasteiger charge is -2.37. The fourth-order valence-electron chi connectivity index (χ4n) is 4.35. The number of aromatic nitrogens is 4. The second-order valence-corrected chi connectivity index (χ2v) is 10.5. The molecule has 10 heteroatoms. The maximum atomic E-state index is 12.0. The van der Waals surface area contributed by atoms with Crippen LogP contribution in [0.3, 0.4) is 0 Å². The van der Waals surface area contributed by atoms with Crippen molar-refractivity contribution in [2.75, 3.05) is 24.2 Å². The molecule has 0 bridgehead atoms. The van der Waals surface area contributed by atoms with Gasteiger partial charge in [-0.1, -0.05) is 54.0 Å². The molecular formula is C25H24Cl2N6OS. The molecular weight excluding hydrogens is 503 g/mol. The standard InChI is InChI=1S/C25H24Cl2N6OS/c1-25(23(28)34)11-13-32(14-12-25)21-19-22(31-24(30-21)35-2)33(16-9-7-15(26)8-10-16)20(29-19)17-5-3-4-6-18(17)27/h3-10H,11-14H2,1-2H3,(H2,28,34). The lowest BCUT2D eigenvalue weighted by Crippen LogP contribution is -2.45. The highest BCUT2D eigenvalue weighted by Gasteiger charge is 2.36. The van der Waals surface area contributed by atoms with E-state index in [0.717, 1.165) is 17.1 Å². The predicted octanol–water partition coefficient (Wildman–Crippen LogP) is 5.60. The number of rotatable bonds is 5. The Morgan fingerprint density at radius 2 is 1.71 bits per heavy atom. The molecule has 35 heavy (non-hydrogen) atoms. The topological polar surface area (TPSA) is 89.9 Å². The Bertz CT molecular complexity index is 1410. The molecule has 4 aromatic rings. The van der Waals surface area contributed by atoms with Crippen LogP contribution in [0.15, 0.2) is 53.7 Å². The zero-order valence-electron chi connectivity index (χ0n) is 19.3. The number of hydrogen-bond donors (Lipinski definition) is 1. The number of imidazole rings is 1. The number of carbonyl (C=O) groups is 1. The van der Waals surface area contributed by atoms with E-state index in [-0.39, 0.29) is 5.91 Å². The van der Waals surface area contributed by atoms with Gasteiger partial charge in [0.05, 0.1) is 5.02 Å². The Morgan fingerprint density at radius 3 is 2.34 bits per heavy atom.